The Morgan fingerprint density at radius 2 is 1.78 bits per heavy atom. The molecule has 1 heterocycles. The minimum absolute atomic E-state index is 0.120. The van der Waals surface area contributed by atoms with E-state index in [0.717, 1.165) is 5.56 Å². The van der Waals surface area contributed by atoms with E-state index in [1.807, 2.05) is 59.4 Å². The predicted octanol–water partition coefficient (Wildman–Crippen LogP) is 2.58. The smallest absolute Gasteiger partial charge is 0.162 e. The van der Waals surface area contributed by atoms with Crippen molar-refractivity contribution < 1.29 is 5.21 Å². The van der Waals surface area contributed by atoms with Crippen LogP contribution in [-0.4, -0.2) is 15.6 Å². The fraction of sp³-hybridized carbons (Fsp3) is 0.214. The van der Waals surface area contributed by atoms with Gasteiger partial charge in [0.15, 0.2) is 5.84 Å². The first-order valence-corrected chi connectivity index (χ1v) is 5.89. The summed E-state index contributed by atoms with van der Waals surface area (Å²) in [6.45, 7) is 2.07. The second-order valence-electron chi connectivity index (χ2n) is 4.30. The molecule has 0 bridgehead atoms. The summed E-state index contributed by atoms with van der Waals surface area (Å²) >= 11 is 0. The van der Waals surface area contributed by atoms with Crippen LogP contribution in [0.3, 0.4) is 0 Å². The van der Waals surface area contributed by atoms with Gasteiger partial charge in [-0.05, 0) is 17.7 Å². The van der Waals surface area contributed by atoms with Crippen molar-refractivity contribution in [2.24, 2.45) is 10.9 Å². The van der Waals surface area contributed by atoms with Crippen molar-refractivity contribution in [3.8, 4) is 0 Å². The molecule has 0 saturated heterocycles. The number of aromatic nitrogens is 1. The maximum atomic E-state index is 8.95. The van der Waals surface area contributed by atoms with E-state index in [2.05, 4.69) is 12.1 Å². The molecule has 0 fully saturated rings. The Labute approximate surface area is 106 Å². The van der Waals surface area contributed by atoms with Gasteiger partial charge in [0.05, 0.1) is 0 Å². The van der Waals surface area contributed by atoms with Crippen LogP contribution in [0.1, 0.15) is 24.4 Å². The molecule has 0 spiro atoms. The Hall–Kier alpha value is -2.23. The zero-order valence-corrected chi connectivity index (χ0v) is 10.3. The second kappa shape index (κ2) is 5.40. The number of hydrogen-bond acceptors (Lipinski definition) is 2. The number of rotatable bonds is 4. The number of nitrogens with zero attached hydrogens (tertiary/aromatic N) is 2. The van der Waals surface area contributed by atoms with E-state index in [4.69, 9.17) is 10.9 Å². The highest BCUT2D eigenvalue weighted by molar-refractivity contribution is 5.84. The molecule has 0 aliphatic carbocycles. The summed E-state index contributed by atoms with van der Waals surface area (Å²) in [5.74, 6) is 0.331. The Balaban J connectivity index is 2.36. The molecule has 1 aromatic heterocycles. The largest absolute Gasteiger partial charge is 0.409 e. The second-order valence-corrected chi connectivity index (χ2v) is 4.30. The quantitative estimate of drug-likeness (QED) is 0.375. The molecule has 0 aliphatic heterocycles. The zero-order chi connectivity index (χ0) is 13.0. The van der Waals surface area contributed by atoms with Crippen molar-refractivity contribution in [1.29, 1.82) is 0 Å². The molecule has 0 unspecified atom stereocenters. The van der Waals surface area contributed by atoms with Gasteiger partial charge in [0.2, 0.25) is 0 Å². The molecule has 94 valence electrons. The number of nitrogens with two attached hydrogens (primary N) is 1. The van der Waals surface area contributed by atoms with Gasteiger partial charge in [-0.25, -0.2) is 0 Å². The third-order valence-electron chi connectivity index (χ3n) is 3.17. The van der Waals surface area contributed by atoms with Crippen LogP contribution in [0.25, 0.3) is 0 Å². The fourth-order valence-corrected chi connectivity index (χ4v) is 2.20. The summed E-state index contributed by atoms with van der Waals surface area (Å²) in [7, 11) is 0. The standard InChI is InChI=1S/C14H17N3O/c1-11(12-7-3-2-4-8-12)13(14(15)16-18)17-9-5-6-10-17/h2-11,13,18H,1H3,(H2,15,16)/t11-,13+/m1/s1. The summed E-state index contributed by atoms with van der Waals surface area (Å²) in [4.78, 5) is 0. The van der Waals surface area contributed by atoms with Gasteiger partial charge in [0, 0.05) is 18.3 Å². The van der Waals surface area contributed by atoms with Gasteiger partial charge in [-0.15, -0.1) is 0 Å². The van der Waals surface area contributed by atoms with Crippen molar-refractivity contribution in [3.63, 3.8) is 0 Å². The first kappa shape index (κ1) is 12.2. The van der Waals surface area contributed by atoms with Crippen molar-refractivity contribution in [1.82, 2.24) is 4.57 Å². The Morgan fingerprint density at radius 1 is 1.17 bits per heavy atom. The van der Waals surface area contributed by atoms with E-state index in [1.165, 1.54) is 0 Å². The lowest BCUT2D eigenvalue weighted by Crippen LogP contribution is -2.30. The van der Waals surface area contributed by atoms with Crippen molar-refractivity contribution >= 4 is 5.84 Å². The third kappa shape index (κ3) is 2.37. The van der Waals surface area contributed by atoms with Crippen LogP contribution in [0.4, 0.5) is 0 Å². The van der Waals surface area contributed by atoms with Crippen molar-refractivity contribution in [2.75, 3.05) is 0 Å². The van der Waals surface area contributed by atoms with Crippen LogP contribution in [0.15, 0.2) is 60.0 Å². The average molecular weight is 243 g/mol. The topological polar surface area (TPSA) is 63.5 Å². The molecular weight excluding hydrogens is 226 g/mol. The first-order chi connectivity index (χ1) is 8.74. The van der Waals surface area contributed by atoms with Crippen LogP contribution in [0, 0.1) is 0 Å². The third-order valence-corrected chi connectivity index (χ3v) is 3.17. The van der Waals surface area contributed by atoms with Crippen LogP contribution in [0.5, 0.6) is 0 Å². The summed E-state index contributed by atoms with van der Waals surface area (Å²) < 4.78 is 1.95. The number of hydrogen-bond donors (Lipinski definition) is 2. The molecule has 2 aromatic rings. The molecule has 2 atom stereocenters. The number of oxime groups is 1. The molecule has 1 aromatic carbocycles. The number of amidine groups is 1. The molecule has 3 N–H and O–H groups in total. The normalized spacial score (nSPS) is 15.3. The fourth-order valence-electron chi connectivity index (χ4n) is 2.20. The molecule has 0 aliphatic rings. The molecule has 18 heavy (non-hydrogen) atoms. The Kier molecular flexibility index (Phi) is 3.67. The highest BCUT2D eigenvalue weighted by atomic mass is 16.4. The minimum Gasteiger partial charge on any atom is -0.409 e. The lowest BCUT2D eigenvalue weighted by atomic mass is 9.92. The van der Waals surface area contributed by atoms with E-state index < -0.39 is 0 Å². The maximum Gasteiger partial charge on any atom is 0.162 e. The van der Waals surface area contributed by atoms with Crippen LogP contribution >= 0.6 is 0 Å². The van der Waals surface area contributed by atoms with Crippen molar-refractivity contribution in [2.45, 2.75) is 18.9 Å². The summed E-state index contributed by atoms with van der Waals surface area (Å²) in [6, 6.07) is 13.7. The van der Waals surface area contributed by atoms with Crippen LogP contribution in [-0.2, 0) is 0 Å². The molecule has 0 radical (unpaired) electrons. The molecule has 4 heteroatoms. The monoisotopic (exact) mass is 243 g/mol. The average Bonchev–Trinajstić information content (AvgIpc) is 2.93. The Morgan fingerprint density at radius 3 is 2.33 bits per heavy atom. The van der Waals surface area contributed by atoms with E-state index in [9.17, 15) is 0 Å². The lowest BCUT2D eigenvalue weighted by Gasteiger charge is -2.24. The highest BCUT2D eigenvalue weighted by Crippen LogP contribution is 2.28. The zero-order valence-electron chi connectivity index (χ0n) is 10.3. The van der Waals surface area contributed by atoms with Gasteiger partial charge in [-0.1, -0.05) is 42.4 Å². The van der Waals surface area contributed by atoms with E-state index in [0.29, 0.717) is 0 Å². The van der Waals surface area contributed by atoms with Crippen molar-refractivity contribution in [3.05, 3.63) is 60.4 Å². The van der Waals surface area contributed by atoms with Gasteiger partial charge in [-0.2, -0.15) is 0 Å². The lowest BCUT2D eigenvalue weighted by molar-refractivity contribution is 0.312. The Bertz CT molecular complexity index is 505. The molecule has 4 nitrogen and oxygen atoms in total. The summed E-state index contributed by atoms with van der Waals surface area (Å²) in [5.41, 5.74) is 6.98. The van der Waals surface area contributed by atoms with Crippen LogP contribution < -0.4 is 5.73 Å². The summed E-state index contributed by atoms with van der Waals surface area (Å²) in [6.07, 6.45) is 3.84. The molecule has 0 saturated carbocycles. The minimum atomic E-state index is -0.188. The molecule has 0 amide bonds. The van der Waals surface area contributed by atoms with Gasteiger partial charge < -0.3 is 15.5 Å². The van der Waals surface area contributed by atoms with Gasteiger partial charge in [0.1, 0.15) is 6.04 Å². The van der Waals surface area contributed by atoms with E-state index in [-0.39, 0.29) is 17.8 Å². The van der Waals surface area contributed by atoms with Gasteiger partial charge >= 0.3 is 0 Å². The maximum absolute atomic E-state index is 8.95. The number of benzene rings is 1. The summed E-state index contributed by atoms with van der Waals surface area (Å²) in [5, 5.41) is 12.1. The molecule has 2 rings (SSSR count). The SMILES string of the molecule is C[C@H](c1ccccc1)[C@@H](C(N)=NO)n1cccc1. The van der Waals surface area contributed by atoms with Gasteiger partial charge in [-0.3, -0.25) is 0 Å². The van der Waals surface area contributed by atoms with Gasteiger partial charge in [0.25, 0.3) is 0 Å². The first-order valence-electron chi connectivity index (χ1n) is 5.89. The predicted molar refractivity (Wildman–Crippen MR) is 71.7 cm³/mol. The highest BCUT2D eigenvalue weighted by Gasteiger charge is 2.24. The molecular formula is C14H17N3O. The van der Waals surface area contributed by atoms with Crippen LogP contribution in [0.2, 0.25) is 0 Å². The van der Waals surface area contributed by atoms with E-state index >= 15 is 0 Å². The van der Waals surface area contributed by atoms with E-state index in [1.54, 1.807) is 0 Å².